The molecule has 0 aliphatic heterocycles. The lowest BCUT2D eigenvalue weighted by molar-refractivity contribution is -0.152. The van der Waals surface area contributed by atoms with E-state index in [0.29, 0.717) is 17.2 Å². The molecule has 4 aromatic rings. The van der Waals surface area contributed by atoms with Gasteiger partial charge in [-0.2, -0.15) is 14.6 Å². The van der Waals surface area contributed by atoms with E-state index in [1.807, 2.05) is 6.92 Å². The zero-order valence-electron chi connectivity index (χ0n) is 24.1. The molecule has 0 radical (unpaired) electrons. The Morgan fingerprint density at radius 1 is 1.16 bits per heavy atom. The molecule has 4 N–H and O–H groups in total. The highest BCUT2D eigenvalue weighted by molar-refractivity contribution is 7.13. The maximum atomic E-state index is 14.8. The second-order valence-electron chi connectivity index (χ2n) is 10.3. The number of carboxylic acids is 1. The molecule has 14 nitrogen and oxygen atoms in total. The fourth-order valence-corrected chi connectivity index (χ4v) is 5.62. The van der Waals surface area contributed by atoms with Gasteiger partial charge in [0.1, 0.15) is 28.1 Å². The van der Waals surface area contributed by atoms with Crippen molar-refractivity contribution in [3.8, 4) is 22.0 Å². The smallest absolute Gasteiger partial charge is 0.321 e. The monoisotopic (exact) mass is 644 g/mol. The number of nitrogens with zero attached hydrogens (tertiary/aromatic N) is 6. The maximum Gasteiger partial charge on any atom is 0.321 e. The van der Waals surface area contributed by atoms with E-state index < -0.39 is 42.1 Å². The van der Waals surface area contributed by atoms with Crippen molar-refractivity contribution >= 4 is 34.9 Å². The van der Waals surface area contributed by atoms with Crippen LogP contribution < -0.4 is 11.1 Å². The molecule has 1 amide bonds. The minimum Gasteiger partial charge on any atom is -0.480 e. The molecular formula is C28H30F2N8O6S. The Morgan fingerprint density at radius 2 is 1.93 bits per heavy atom. The molecule has 0 spiro atoms. The second-order valence-corrected chi connectivity index (χ2v) is 11.1. The van der Waals surface area contributed by atoms with Gasteiger partial charge in [0.2, 0.25) is 5.95 Å². The van der Waals surface area contributed by atoms with E-state index in [-0.39, 0.29) is 41.6 Å². The van der Waals surface area contributed by atoms with E-state index in [2.05, 4.69) is 25.5 Å². The van der Waals surface area contributed by atoms with Gasteiger partial charge in [-0.3, -0.25) is 19.1 Å². The SMILES string of the molecule is CCO[C@H]1CC[C@H](n2cc(NC(=O)c3csc(-c4cnn(COC(=O)CC(N)C(=O)O)c4)n3)c(-c3nc(F)ccc3F)n2)CC1. The molecule has 4 heterocycles. The Kier molecular flexibility index (Phi) is 9.90. The van der Waals surface area contributed by atoms with Gasteiger partial charge in [0, 0.05) is 29.9 Å². The quantitative estimate of drug-likeness (QED) is 0.151. The summed E-state index contributed by atoms with van der Waals surface area (Å²) in [7, 11) is 0. The van der Waals surface area contributed by atoms with Gasteiger partial charge in [0.15, 0.2) is 12.5 Å². The van der Waals surface area contributed by atoms with Gasteiger partial charge in [0.25, 0.3) is 5.91 Å². The molecule has 1 atom stereocenters. The van der Waals surface area contributed by atoms with Gasteiger partial charge in [-0.15, -0.1) is 11.3 Å². The number of carboxylic acid groups (broad SMARTS) is 1. The summed E-state index contributed by atoms with van der Waals surface area (Å²) >= 11 is 1.16. The molecule has 1 fully saturated rings. The predicted octanol–water partition coefficient (Wildman–Crippen LogP) is 3.62. The largest absolute Gasteiger partial charge is 0.480 e. The van der Waals surface area contributed by atoms with Crippen molar-refractivity contribution in [2.24, 2.45) is 5.73 Å². The number of esters is 1. The Morgan fingerprint density at radius 3 is 2.67 bits per heavy atom. The third-order valence-corrected chi connectivity index (χ3v) is 8.01. The second kappa shape index (κ2) is 14.0. The van der Waals surface area contributed by atoms with Crippen molar-refractivity contribution in [3.63, 3.8) is 0 Å². The lowest BCUT2D eigenvalue weighted by atomic mass is 9.93. The lowest BCUT2D eigenvalue weighted by Crippen LogP contribution is -2.33. The Balaban J connectivity index is 1.30. The number of nitrogens with one attached hydrogen (secondary N) is 1. The summed E-state index contributed by atoms with van der Waals surface area (Å²) in [6.45, 7) is 2.29. The minimum absolute atomic E-state index is 0.0112. The van der Waals surface area contributed by atoms with Gasteiger partial charge >= 0.3 is 11.9 Å². The molecule has 0 bridgehead atoms. The van der Waals surface area contributed by atoms with Crippen LogP contribution in [0.4, 0.5) is 14.5 Å². The van der Waals surface area contributed by atoms with Gasteiger partial charge in [0.05, 0.1) is 30.5 Å². The van der Waals surface area contributed by atoms with Crippen LogP contribution in [0.2, 0.25) is 0 Å². The molecule has 0 saturated heterocycles. The average Bonchev–Trinajstić information content (AvgIpc) is 3.78. The van der Waals surface area contributed by atoms with E-state index in [9.17, 15) is 23.2 Å². The highest BCUT2D eigenvalue weighted by atomic mass is 32.1. The number of aliphatic carboxylic acids is 1. The molecule has 1 aliphatic carbocycles. The molecule has 1 unspecified atom stereocenters. The summed E-state index contributed by atoms with van der Waals surface area (Å²) < 4.78 is 42.5. The topological polar surface area (TPSA) is 189 Å². The van der Waals surface area contributed by atoms with Crippen LogP contribution in [0.15, 0.2) is 36.1 Å². The summed E-state index contributed by atoms with van der Waals surface area (Å²) in [6.07, 6.45) is 7.41. The highest BCUT2D eigenvalue weighted by Gasteiger charge is 2.27. The standard InChI is InChI=1S/C28H30F2N8O6S/c1-2-43-17-5-3-16(4-6-17)38-12-20(25(36-38)24-18(29)7-8-22(30)35-24)33-26(40)21-13-45-27(34-21)15-10-32-37(11-15)14-44-23(39)9-19(31)28(41)42/h7-8,10-13,16-17,19H,2-6,9,14,31H2,1H3,(H,33,40)(H,41,42)/t16-,17-,19?. The van der Waals surface area contributed by atoms with Crippen LogP contribution in [-0.4, -0.2) is 71.2 Å². The molecule has 238 valence electrons. The van der Waals surface area contributed by atoms with Gasteiger partial charge in [-0.05, 0) is 44.7 Å². The molecule has 5 rings (SSSR count). The Labute approximate surface area is 259 Å². The number of halogens is 2. The number of thiazole rings is 1. The van der Waals surface area contributed by atoms with Crippen molar-refractivity contribution in [1.29, 1.82) is 0 Å². The third-order valence-electron chi connectivity index (χ3n) is 7.12. The third kappa shape index (κ3) is 7.73. The highest BCUT2D eigenvalue weighted by Crippen LogP contribution is 2.34. The number of hydrogen-bond acceptors (Lipinski definition) is 11. The number of anilines is 1. The number of nitrogens with two attached hydrogens (primary N) is 1. The van der Waals surface area contributed by atoms with Crippen molar-refractivity contribution in [3.05, 3.63) is 53.6 Å². The van der Waals surface area contributed by atoms with Crippen molar-refractivity contribution < 1.29 is 37.7 Å². The first-order valence-corrected chi connectivity index (χ1v) is 15.0. The fraction of sp³-hybridized carbons (Fsp3) is 0.393. The first kappa shape index (κ1) is 31.8. The van der Waals surface area contributed by atoms with Gasteiger partial charge < -0.3 is 25.6 Å². The van der Waals surface area contributed by atoms with Crippen LogP contribution in [0.3, 0.4) is 0 Å². The number of aromatic nitrogens is 6. The zero-order valence-corrected chi connectivity index (χ0v) is 24.9. The van der Waals surface area contributed by atoms with Crippen LogP contribution in [0.5, 0.6) is 0 Å². The normalized spacial score (nSPS) is 17.2. The Hall–Kier alpha value is -4.61. The summed E-state index contributed by atoms with van der Waals surface area (Å²) in [6, 6.07) is 0.453. The summed E-state index contributed by atoms with van der Waals surface area (Å²) in [5.74, 6) is -4.41. The number of carbonyl (C=O) groups is 3. The summed E-state index contributed by atoms with van der Waals surface area (Å²) in [4.78, 5) is 43.9. The first-order chi connectivity index (χ1) is 21.6. The van der Waals surface area contributed by atoms with Crippen molar-refractivity contribution in [2.75, 3.05) is 11.9 Å². The first-order valence-electron chi connectivity index (χ1n) is 14.1. The molecule has 17 heteroatoms. The average molecular weight is 645 g/mol. The van der Waals surface area contributed by atoms with Crippen molar-refractivity contribution in [1.82, 2.24) is 29.5 Å². The van der Waals surface area contributed by atoms with E-state index in [1.165, 1.54) is 22.5 Å². The number of hydrogen-bond donors (Lipinski definition) is 3. The van der Waals surface area contributed by atoms with Crippen LogP contribution in [-0.2, 0) is 25.8 Å². The maximum absolute atomic E-state index is 14.8. The Bertz CT molecular complexity index is 1680. The number of ether oxygens (including phenoxy) is 2. The number of pyridine rings is 1. The number of amides is 1. The van der Waals surface area contributed by atoms with E-state index >= 15 is 0 Å². The molecular weight excluding hydrogens is 614 g/mol. The van der Waals surface area contributed by atoms with E-state index in [0.717, 1.165) is 49.2 Å². The van der Waals surface area contributed by atoms with E-state index in [4.69, 9.17) is 20.3 Å². The van der Waals surface area contributed by atoms with Gasteiger partial charge in [-0.1, -0.05) is 0 Å². The predicted molar refractivity (Wildman–Crippen MR) is 156 cm³/mol. The van der Waals surface area contributed by atoms with E-state index in [1.54, 1.807) is 10.9 Å². The van der Waals surface area contributed by atoms with Crippen LogP contribution in [0.25, 0.3) is 22.0 Å². The molecule has 1 saturated carbocycles. The molecule has 4 aromatic heterocycles. The fourth-order valence-electron chi connectivity index (χ4n) is 4.85. The van der Waals surface area contributed by atoms with Crippen LogP contribution in [0, 0.1) is 11.8 Å². The molecule has 1 aliphatic rings. The zero-order chi connectivity index (χ0) is 32.1. The minimum atomic E-state index is -1.37. The van der Waals surface area contributed by atoms with Crippen LogP contribution in [0.1, 0.15) is 55.6 Å². The lowest BCUT2D eigenvalue weighted by Gasteiger charge is -2.28. The van der Waals surface area contributed by atoms with Crippen LogP contribution >= 0.6 is 11.3 Å². The molecule has 45 heavy (non-hydrogen) atoms. The van der Waals surface area contributed by atoms with Crippen molar-refractivity contribution in [2.45, 2.75) is 63.9 Å². The summed E-state index contributed by atoms with van der Waals surface area (Å²) in [5.41, 5.74) is 5.73. The van der Waals surface area contributed by atoms with Gasteiger partial charge in [-0.25, -0.2) is 19.0 Å². The number of rotatable bonds is 12. The molecule has 0 aromatic carbocycles. The summed E-state index contributed by atoms with van der Waals surface area (Å²) in [5, 5.41) is 22.1. The number of carbonyl (C=O) groups excluding carboxylic acids is 2.